The summed E-state index contributed by atoms with van der Waals surface area (Å²) in [6.45, 7) is 7.47. The van der Waals surface area contributed by atoms with Gasteiger partial charge in [-0.05, 0) is 38.5 Å². The van der Waals surface area contributed by atoms with Gasteiger partial charge in [0.2, 0.25) is 0 Å². The molecule has 0 aromatic carbocycles. The van der Waals surface area contributed by atoms with Gasteiger partial charge in [0.05, 0.1) is 24.4 Å². The summed E-state index contributed by atoms with van der Waals surface area (Å²) < 4.78 is 12.2. The minimum Gasteiger partial charge on any atom is -0.383 e. The second kappa shape index (κ2) is 9.73. The lowest BCUT2D eigenvalue weighted by Crippen LogP contribution is -2.46. The molecule has 9 heteroatoms. The van der Waals surface area contributed by atoms with Crippen LogP contribution >= 0.6 is 0 Å². The van der Waals surface area contributed by atoms with Gasteiger partial charge in [0, 0.05) is 32.9 Å². The molecule has 2 atom stereocenters. The number of methoxy groups -OCH3 is 1. The second-order valence-corrected chi connectivity index (χ2v) is 7.62. The average molecular weight is 425 g/mol. The lowest BCUT2D eigenvalue weighted by molar-refractivity contribution is -0.117. The summed E-state index contributed by atoms with van der Waals surface area (Å²) in [7, 11) is 1.52. The number of nitriles is 1. The molecular weight excluding hydrogens is 398 g/mol. The van der Waals surface area contributed by atoms with E-state index in [2.05, 4.69) is 5.32 Å². The third kappa shape index (κ3) is 4.93. The molecule has 2 aromatic rings. The predicted molar refractivity (Wildman–Crippen MR) is 117 cm³/mol. The summed E-state index contributed by atoms with van der Waals surface area (Å²) in [6, 6.07) is 5.55. The van der Waals surface area contributed by atoms with Crippen molar-refractivity contribution in [2.24, 2.45) is 0 Å². The van der Waals surface area contributed by atoms with Crippen LogP contribution in [0.15, 0.2) is 28.7 Å². The lowest BCUT2D eigenvalue weighted by atomic mass is 10.1. The zero-order valence-corrected chi connectivity index (χ0v) is 18.2. The van der Waals surface area contributed by atoms with Crippen molar-refractivity contribution in [2.75, 3.05) is 38.3 Å². The molecule has 2 aromatic heterocycles. The Morgan fingerprint density at radius 1 is 1.42 bits per heavy atom. The number of aromatic nitrogens is 2. The third-order valence-corrected chi connectivity index (χ3v) is 5.03. The van der Waals surface area contributed by atoms with Gasteiger partial charge in [-0.2, -0.15) is 5.26 Å². The highest BCUT2D eigenvalue weighted by atomic mass is 16.5. The molecule has 1 N–H and O–H groups in total. The largest absolute Gasteiger partial charge is 0.383 e. The predicted octanol–water partition coefficient (Wildman–Crippen LogP) is 1.29. The number of pyridine rings is 1. The van der Waals surface area contributed by atoms with Gasteiger partial charge in [0.15, 0.2) is 0 Å². The smallest absolute Gasteiger partial charge is 0.267 e. The molecule has 9 nitrogen and oxygen atoms in total. The highest BCUT2D eigenvalue weighted by Gasteiger charge is 2.27. The first-order chi connectivity index (χ1) is 14.8. The molecule has 1 fully saturated rings. The normalized spacial score (nSPS) is 19.3. The van der Waals surface area contributed by atoms with Crippen LogP contribution in [0.5, 0.6) is 0 Å². The van der Waals surface area contributed by atoms with E-state index in [1.165, 1.54) is 17.6 Å². The Balaban J connectivity index is 2.16. The van der Waals surface area contributed by atoms with Crippen LogP contribution in [0.3, 0.4) is 0 Å². The van der Waals surface area contributed by atoms with Gasteiger partial charge in [-0.1, -0.05) is 6.07 Å². The molecule has 1 saturated heterocycles. The Kier molecular flexibility index (Phi) is 7.05. The van der Waals surface area contributed by atoms with Gasteiger partial charge in [-0.3, -0.25) is 14.0 Å². The van der Waals surface area contributed by atoms with E-state index < -0.39 is 5.91 Å². The zero-order valence-electron chi connectivity index (χ0n) is 18.2. The Labute approximate surface area is 180 Å². The molecule has 1 aliphatic heterocycles. The first-order valence-electron chi connectivity index (χ1n) is 10.2. The Morgan fingerprint density at radius 2 is 2.13 bits per heavy atom. The van der Waals surface area contributed by atoms with Gasteiger partial charge < -0.3 is 19.7 Å². The van der Waals surface area contributed by atoms with Gasteiger partial charge in [0.1, 0.15) is 23.1 Å². The number of nitrogens with zero attached hydrogens (tertiary/aromatic N) is 4. The van der Waals surface area contributed by atoms with E-state index in [0.29, 0.717) is 31.2 Å². The van der Waals surface area contributed by atoms with Crippen molar-refractivity contribution in [3.8, 4) is 6.07 Å². The fourth-order valence-electron chi connectivity index (χ4n) is 3.67. The zero-order chi connectivity index (χ0) is 22.5. The Hall–Kier alpha value is -3.22. The minimum atomic E-state index is -0.567. The van der Waals surface area contributed by atoms with Crippen LogP contribution in [0, 0.1) is 18.3 Å². The summed E-state index contributed by atoms with van der Waals surface area (Å²) in [5, 5.41) is 12.2. The average Bonchev–Trinajstić information content (AvgIpc) is 2.73. The summed E-state index contributed by atoms with van der Waals surface area (Å²) in [4.78, 5) is 32.6. The maximum absolute atomic E-state index is 13.4. The van der Waals surface area contributed by atoms with E-state index in [1.807, 2.05) is 37.8 Å². The Bertz CT molecular complexity index is 1090. The van der Waals surface area contributed by atoms with Gasteiger partial charge in [-0.15, -0.1) is 0 Å². The number of anilines is 1. The summed E-state index contributed by atoms with van der Waals surface area (Å²) in [6.07, 6.45) is 2.86. The van der Waals surface area contributed by atoms with E-state index in [-0.39, 0.29) is 35.4 Å². The second-order valence-electron chi connectivity index (χ2n) is 7.62. The monoisotopic (exact) mass is 425 g/mol. The fourth-order valence-corrected chi connectivity index (χ4v) is 3.67. The molecule has 3 heterocycles. The summed E-state index contributed by atoms with van der Waals surface area (Å²) in [5.74, 6) is -0.123. The maximum Gasteiger partial charge on any atom is 0.267 e. The van der Waals surface area contributed by atoms with Crippen LogP contribution in [0.2, 0.25) is 0 Å². The number of amides is 1. The molecule has 3 rings (SSSR count). The van der Waals surface area contributed by atoms with E-state index in [1.54, 1.807) is 12.3 Å². The molecule has 0 radical (unpaired) electrons. The van der Waals surface area contributed by atoms with Crippen molar-refractivity contribution in [2.45, 2.75) is 33.0 Å². The summed E-state index contributed by atoms with van der Waals surface area (Å²) in [5.41, 5.74) is 1.08. The molecule has 1 amide bonds. The molecule has 0 bridgehead atoms. The molecule has 0 saturated carbocycles. The number of ether oxygens (including phenoxy) is 2. The number of rotatable bonds is 6. The number of aryl methyl sites for hydroxylation is 1. The van der Waals surface area contributed by atoms with Crippen molar-refractivity contribution >= 4 is 23.4 Å². The number of carbonyl (C=O) groups is 1. The van der Waals surface area contributed by atoms with E-state index in [9.17, 15) is 14.9 Å². The van der Waals surface area contributed by atoms with Crippen molar-refractivity contribution in [1.29, 1.82) is 5.26 Å². The standard InChI is InChI=1S/C22H27N5O4/c1-14-6-5-8-27-19(14)25-20(26-12-15(2)31-16(3)13-26)18(22(27)29)10-17(11-23)21(28)24-7-9-30-4/h5-6,8,10,15-16H,7,9,12-13H2,1-4H3,(H,24,28). The van der Waals surface area contributed by atoms with E-state index in [0.717, 1.165) is 5.56 Å². The van der Waals surface area contributed by atoms with Crippen LogP contribution in [-0.2, 0) is 14.3 Å². The van der Waals surface area contributed by atoms with Crippen molar-refractivity contribution in [1.82, 2.24) is 14.7 Å². The van der Waals surface area contributed by atoms with Crippen LogP contribution in [0.1, 0.15) is 25.0 Å². The first-order valence-corrected chi connectivity index (χ1v) is 10.2. The molecule has 164 valence electrons. The van der Waals surface area contributed by atoms with Gasteiger partial charge in [0.25, 0.3) is 11.5 Å². The van der Waals surface area contributed by atoms with Crippen LogP contribution in [-0.4, -0.2) is 60.9 Å². The highest BCUT2D eigenvalue weighted by Crippen LogP contribution is 2.24. The van der Waals surface area contributed by atoms with Crippen molar-refractivity contribution in [3.63, 3.8) is 0 Å². The highest BCUT2D eigenvalue weighted by molar-refractivity contribution is 6.02. The van der Waals surface area contributed by atoms with Gasteiger partial charge in [-0.25, -0.2) is 4.98 Å². The molecule has 0 spiro atoms. The number of fused-ring (bicyclic) bond motifs is 1. The number of hydrogen-bond donors (Lipinski definition) is 1. The van der Waals surface area contributed by atoms with Crippen LogP contribution in [0.25, 0.3) is 11.7 Å². The van der Waals surface area contributed by atoms with E-state index >= 15 is 0 Å². The number of carbonyl (C=O) groups excluding carboxylic acids is 1. The Morgan fingerprint density at radius 3 is 2.77 bits per heavy atom. The van der Waals surface area contributed by atoms with Crippen LogP contribution in [0.4, 0.5) is 5.82 Å². The first kappa shape index (κ1) is 22.5. The minimum absolute atomic E-state index is 0.0505. The number of hydrogen-bond acceptors (Lipinski definition) is 7. The molecule has 31 heavy (non-hydrogen) atoms. The maximum atomic E-state index is 13.4. The number of nitrogens with one attached hydrogen (secondary N) is 1. The van der Waals surface area contributed by atoms with Crippen molar-refractivity contribution in [3.05, 3.63) is 45.4 Å². The van der Waals surface area contributed by atoms with Crippen molar-refractivity contribution < 1.29 is 14.3 Å². The van der Waals surface area contributed by atoms with E-state index in [4.69, 9.17) is 14.5 Å². The summed E-state index contributed by atoms with van der Waals surface area (Å²) >= 11 is 0. The lowest BCUT2D eigenvalue weighted by Gasteiger charge is -2.36. The topological polar surface area (TPSA) is 109 Å². The van der Waals surface area contributed by atoms with Crippen LogP contribution < -0.4 is 15.8 Å². The fraction of sp³-hybridized carbons (Fsp3) is 0.455. The SMILES string of the molecule is COCCNC(=O)C(C#N)=Cc1c(N2CC(C)OC(C)C2)nc2c(C)cccn2c1=O. The molecule has 2 unspecified atom stereocenters. The molecule has 0 aliphatic carbocycles. The number of morpholine rings is 1. The quantitative estimate of drug-likeness (QED) is 0.422. The van der Waals surface area contributed by atoms with Gasteiger partial charge >= 0.3 is 0 Å². The molecule has 1 aliphatic rings. The third-order valence-electron chi connectivity index (χ3n) is 5.03. The molecular formula is C22H27N5O4.